The molecular weight excluding hydrogens is 388 g/mol. The van der Waals surface area contributed by atoms with E-state index in [1.54, 1.807) is 6.92 Å². The molecule has 1 aromatic heterocycles. The molecule has 28 heavy (non-hydrogen) atoms. The van der Waals surface area contributed by atoms with Gasteiger partial charge in [0.25, 0.3) is 11.1 Å². The highest BCUT2D eigenvalue weighted by atomic mass is 32.2. The van der Waals surface area contributed by atoms with Crippen LogP contribution in [0.25, 0.3) is 0 Å². The second-order valence-electron chi connectivity index (χ2n) is 5.94. The van der Waals surface area contributed by atoms with Crippen LogP contribution in [-0.2, 0) is 11.4 Å². The van der Waals surface area contributed by atoms with E-state index in [1.165, 1.54) is 0 Å². The number of carbonyl (C=O) groups is 1. The quantitative estimate of drug-likeness (QED) is 0.589. The SMILES string of the molecule is Cc1cccc(OCc2nnc(S[C@H](C)C(=O)Nc3ccc(F)cc3F)o2)c1. The van der Waals surface area contributed by atoms with Crippen LogP contribution < -0.4 is 10.1 Å². The Morgan fingerprint density at radius 3 is 2.82 bits per heavy atom. The molecule has 0 saturated carbocycles. The van der Waals surface area contributed by atoms with Crippen molar-refractivity contribution in [2.45, 2.75) is 30.9 Å². The van der Waals surface area contributed by atoms with Crippen molar-refractivity contribution >= 4 is 23.4 Å². The van der Waals surface area contributed by atoms with Crippen LogP contribution in [-0.4, -0.2) is 21.4 Å². The summed E-state index contributed by atoms with van der Waals surface area (Å²) < 4.78 is 37.6. The van der Waals surface area contributed by atoms with Gasteiger partial charge in [-0.25, -0.2) is 8.78 Å². The molecule has 0 aliphatic carbocycles. The van der Waals surface area contributed by atoms with Crippen LogP contribution in [0.5, 0.6) is 5.75 Å². The number of nitrogens with zero attached hydrogens (tertiary/aromatic N) is 2. The Morgan fingerprint density at radius 2 is 2.07 bits per heavy atom. The van der Waals surface area contributed by atoms with Crippen molar-refractivity contribution in [2.24, 2.45) is 0 Å². The maximum atomic E-state index is 13.6. The maximum absolute atomic E-state index is 13.6. The van der Waals surface area contributed by atoms with Crippen molar-refractivity contribution in [2.75, 3.05) is 5.32 Å². The number of benzene rings is 2. The number of nitrogens with one attached hydrogen (secondary N) is 1. The van der Waals surface area contributed by atoms with Crippen LogP contribution in [0.4, 0.5) is 14.5 Å². The molecule has 1 atom stereocenters. The zero-order chi connectivity index (χ0) is 20.1. The molecule has 0 aliphatic heterocycles. The molecular formula is C19H17F2N3O3S. The largest absolute Gasteiger partial charge is 0.484 e. The summed E-state index contributed by atoms with van der Waals surface area (Å²) in [6.45, 7) is 3.66. The first-order valence-corrected chi connectivity index (χ1v) is 9.23. The topological polar surface area (TPSA) is 77.2 Å². The molecule has 0 aliphatic rings. The molecule has 3 rings (SSSR count). The first-order chi connectivity index (χ1) is 13.4. The number of aryl methyl sites for hydroxylation is 1. The first kappa shape index (κ1) is 19.8. The molecule has 6 nitrogen and oxygen atoms in total. The van der Waals surface area contributed by atoms with E-state index >= 15 is 0 Å². The number of amides is 1. The van der Waals surface area contributed by atoms with Crippen molar-refractivity contribution in [3.8, 4) is 5.75 Å². The predicted octanol–water partition coefficient (Wildman–Crippen LogP) is 4.35. The summed E-state index contributed by atoms with van der Waals surface area (Å²) in [6.07, 6.45) is 0. The van der Waals surface area contributed by atoms with Crippen LogP contribution in [0.2, 0.25) is 0 Å². The summed E-state index contributed by atoms with van der Waals surface area (Å²) >= 11 is 1.02. The van der Waals surface area contributed by atoms with Gasteiger partial charge in [-0.05, 0) is 43.7 Å². The van der Waals surface area contributed by atoms with Gasteiger partial charge in [0.1, 0.15) is 17.4 Å². The monoisotopic (exact) mass is 405 g/mol. The number of ether oxygens (including phenoxy) is 1. The van der Waals surface area contributed by atoms with Crippen molar-refractivity contribution in [3.63, 3.8) is 0 Å². The lowest BCUT2D eigenvalue weighted by Crippen LogP contribution is -2.23. The molecule has 146 valence electrons. The smallest absolute Gasteiger partial charge is 0.277 e. The first-order valence-electron chi connectivity index (χ1n) is 8.35. The average molecular weight is 405 g/mol. The van der Waals surface area contributed by atoms with Gasteiger partial charge in [0.2, 0.25) is 5.91 Å². The van der Waals surface area contributed by atoms with Crippen LogP contribution >= 0.6 is 11.8 Å². The van der Waals surface area contributed by atoms with Crippen molar-refractivity contribution < 1.29 is 22.7 Å². The van der Waals surface area contributed by atoms with E-state index < -0.39 is 22.8 Å². The highest BCUT2D eigenvalue weighted by molar-refractivity contribution is 8.00. The van der Waals surface area contributed by atoms with Gasteiger partial charge in [-0.2, -0.15) is 0 Å². The molecule has 0 saturated heterocycles. The van der Waals surface area contributed by atoms with Gasteiger partial charge in [-0.15, -0.1) is 10.2 Å². The molecule has 0 bridgehead atoms. The molecule has 1 N–H and O–H groups in total. The minimum atomic E-state index is -0.848. The molecule has 2 aromatic carbocycles. The summed E-state index contributed by atoms with van der Waals surface area (Å²) in [5.41, 5.74) is 0.966. The predicted molar refractivity (Wildman–Crippen MR) is 100 cm³/mol. The molecule has 0 spiro atoms. The van der Waals surface area contributed by atoms with E-state index in [0.29, 0.717) is 11.8 Å². The number of halogens is 2. The van der Waals surface area contributed by atoms with Crippen LogP contribution in [0.3, 0.4) is 0 Å². The van der Waals surface area contributed by atoms with Crippen LogP contribution in [0, 0.1) is 18.6 Å². The van der Waals surface area contributed by atoms with E-state index in [2.05, 4.69) is 15.5 Å². The third kappa shape index (κ3) is 5.29. The second-order valence-corrected chi connectivity index (χ2v) is 7.23. The Labute approximate surface area is 164 Å². The lowest BCUT2D eigenvalue weighted by molar-refractivity contribution is -0.115. The highest BCUT2D eigenvalue weighted by Crippen LogP contribution is 2.24. The maximum Gasteiger partial charge on any atom is 0.277 e. The van der Waals surface area contributed by atoms with Gasteiger partial charge in [0, 0.05) is 6.07 Å². The molecule has 0 unspecified atom stereocenters. The van der Waals surface area contributed by atoms with E-state index in [1.807, 2.05) is 31.2 Å². The molecule has 0 radical (unpaired) electrons. The molecule has 9 heteroatoms. The molecule has 1 amide bonds. The fraction of sp³-hybridized carbons (Fsp3) is 0.211. The molecule has 1 heterocycles. The Hall–Kier alpha value is -2.94. The Balaban J connectivity index is 1.54. The number of rotatable bonds is 7. The third-order valence-corrected chi connectivity index (χ3v) is 4.57. The molecule has 0 fully saturated rings. The fourth-order valence-corrected chi connectivity index (χ4v) is 2.93. The summed E-state index contributed by atoms with van der Waals surface area (Å²) in [5.74, 6) is -1.10. The van der Waals surface area contributed by atoms with E-state index in [0.717, 1.165) is 29.5 Å². The van der Waals surface area contributed by atoms with Gasteiger partial charge >= 0.3 is 0 Å². The average Bonchev–Trinajstić information content (AvgIpc) is 3.09. The van der Waals surface area contributed by atoms with Gasteiger partial charge in [0.05, 0.1) is 10.9 Å². The number of anilines is 1. The number of carbonyl (C=O) groups excluding carboxylic acids is 1. The standard InChI is InChI=1S/C19H17F2N3O3S/c1-11-4-3-5-14(8-11)26-10-17-23-24-19(27-17)28-12(2)18(25)22-16-7-6-13(20)9-15(16)21/h3-9,12H,10H2,1-2H3,(H,22,25)/t12-/m1/s1. The number of hydrogen-bond donors (Lipinski definition) is 1. The van der Waals surface area contributed by atoms with Crippen molar-refractivity contribution in [1.82, 2.24) is 10.2 Å². The van der Waals surface area contributed by atoms with Crippen LogP contribution in [0.1, 0.15) is 18.4 Å². The lowest BCUT2D eigenvalue weighted by Gasteiger charge is -2.10. The Morgan fingerprint density at radius 1 is 1.25 bits per heavy atom. The van der Waals surface area contributed by atoms with E-state index in [9.17, 15) is 13.6 Å². The zero-order valence-corrected chi connectivity index (χ0v) is 15.9. The zero-order valence-electron chi connectivity index (χ0n) is 15.1. The summed E-state index contributed by atoms with van der Waals surface area (Å²) in [5, 5.41) is 9.69. The fourth-order valence-electron chi connectivity index (χ4n) is 2.22. The number of aromatic nitrogens is 2. The Kier molecular flexibility index (Phi) is 6.25. The summed E-state index contributed by atoms with van der Waals surface area (Å²) in [4.78, 5) is 12.2. The van der Waals surface area contributed by atoms with Crippen molar-refractivity contribution in [3.05, 3.63) is 65.6 Å². The second kappa shape index (κ2) is 8.83. The Bertz CT molecular complexity index is 981. The van der Waals surface area contributed by atoms with Gasteiger partial charge in [-0.3, -0.25) is 4.79 Å². The normalized spacial score (nSPS) is 11.9. The molecule has 3 aromatic rings. The summed E-state index contributed by atoms with van der Waals surface area (Å²) in [7, 11) is 0. The third-order valence-electron chi connectivity index (χ3n) is 3.64. The minimum Gasteiger partial charge on any atom is -0.484 e. The number of thioether (sulfide) groups is 1. The minimum absolute atomic E-state index is 0.0956. The lowest BCUT2D eigenvalue weighted by atomic mass is 10.2. The highest BCUT2D eigenvalue weighted by Gasteiger charge is 2.20. The van der Waals surface area contributed by atoms with Gasteiger partial charge in [-0.1, -0.05) is 23.9 Å². The van der Waals surface area contributed by atoms with Gasteiger partial charge in [0.15, 0.2) is 6.61 Å². The van der Waals surface area contributed by atoms with Gasteiger partial charge < -0.3 is 14.5 Å². The van der Waals surface area contributed by atoms with Crippen LogP contribution in [0.15, 0.2) is 52.1 Å². The van der Waals surface area contributed by atoms with E-state index in [-0.39, 0.29) is 23.4 Å². The number of hydrogen-bond acceptors (Lipinski definition) is 6. The van der Waals surface area contributed by atoms with Crippen molar-refractivity contribution in [1.29, 1.82) is 0 Å². The van der Waals surface area contributed by atoms with E-state index in [4.69, 9.17) is 9.15 Å². The summed E-state index contributed by atoms with van der Waals surface area (Å²) in [6, 6.07) is 10.5.